The normalized spacial score (nSPS) is 11.3. The molecule has 0 amide bonds. The molecule has 0 radical (unpaired) electrons. The lowest BCUT2D eigenvalue weighted by molar-refractivity contribution is 1.24. The minimum Gasteiger partial charge on any atom is -0.308 e. The molecule has 0 saturated carbocycles. The van der Waals surface area contributed by atoms with Crippen molar-refractivity contribution in [3.8, 4) is 11.1 Å². The third kappa shape index (κ3) is 5.31. The molecule has 0 atom stereocenters. The van der Waals surface area contributed by atoms with Crippen molar-refractivity contribution in [3.05, 3.63) is 194 Å². The maximum atomic E-state index is 2.44. The van der Waals surface area contributed by atoms with Crippen LogP contribution in [-0.4, -0.2) is 0 Å². The average Bonchev–Trinajstić information content (AvgIpc) is 3.54. The maximum absolute atomic E-state index is 2.44. The Morgan fingerprint density at radius 1 is 0.347 bits per heavy atom. The molecule has 49 heavy (non-hydrogen) atoms. The van der Waals surface area contributed by atoms with Gasteiger partial charge in [-0.1, -0.05) is 121 Å². The van der Waals surface area contributed by atoms with E-state index >= 15 is 0 Å². The number of hydrogen-bond donors (Lipinski definition) is 0. The predicted molar refractivity (Wildman–Crippen MR) is 212 cm³/mol. The van der Waals surface area contributed by atoms with Crippen LogP contribution in [0.25, 0.3) is 42.1 Å². The summed E-state index contributed by atoms with van der Waals surface area (Å²) in [6.07, 6.45) is 0. The highest BCUT2D eigenvalue weighted by molar-refractivity contribution is 7.26. The summed E-state index contributed by atoms with van der Waals surface area (Å²) < 4.78 is 2.54. The Labute approximate surface area is 290 Å². The van der Waals surface area contributed by atoms with E-state index in [1.807, 2.05) is 11.3 Å². The molecule has 2 nitrogen and oxygen atoms in total. The van der Waals surface area contributed by atoms with E-state index < -0.39 is 0 Å². The molecule has 232 valence electrons. The topological polar surface area (TPSA) is 6.48 Å². The lowest BCUT2D eigenvalue weighted by atomic mass is 10.0. The molecule has 0 aliphatic heterocycles. The van der Waals surface area contributed by atoms with E-state index in [4.69, 9.17) is 0 Å². The van der Waals surface area contributed by atoms with Crippen LogP contribution in [0.15, 0.2) is 194 Å². The molecule has 9 aromatic rings. The largest absolute Gasteiger partial charge is 0.308 e. The second-order valence-corrected chi connectivity index (χ2v) is 13.3. The number of anilines is 6. The van der Waals surface area contributed by atoms with Gasteiger partial charge in [-0.2, -0.15) is 0 Å². The van der Waals surface area contributed by atoms with Gasteiger partial charge in [0.15, 0.2) is 0 Å². The zero-order valence-electron chi connectivity index (χ0n) is 26.8. The monoisotopic (exact) mass is 644 g/mol. The van der Waals surface area contributed by atoms with Crippen LogP contribution in [0.2, 0.25) is 0 Å². The average molecular weight is 645 g/mol. The molecular formula is C46H32N2S. The third-order valence-electron chi connectivity index (χ3n) is 9.17. The number of thiophene rings is 1. The van der Waals surface area contributed by atoms with Crippen molar-refractivity contribution in [3.63, 3.8) is 0 Å². The molecule has 0 N–H and O–H groups in total. The summed E-state index contributed by atoms with van der Waals surface area (Å²) in [6, 6.07) is 69.9. The summed E-state index contributed by atoms with van der Waals surface area (Å²) in [7, 11) is 0. The van der Waals surface area contributed by atoms with Gasteiger partial charge in [0, 0.05) is 42.9 Å². The van der Waals surface area contributed by atoms with Gasteiger partial charge in [-0.05, 0) is 94.7 Å². The van der Waals surface area contributed by atoms with Gasteiger partial charge >= 0.3 is 0 Å². The Morgan fingerprint density at radius 2 is 0.857 bits per heavy atom. The molecule has 0 unspecified atom stereocenters. The molecule has 0 bridgehead atoms. The van der Waals surface area contributed by atoms with E-state index in [1.54, 1.807) is 0 Å². The third-order valence-corrected chi connectivity index (χ3v) is 10.3. The van der Waals surface area contributed by atoms with Crippen LogP contribution >= 0.6 is 11.3 Å². The van der Waals surface area contributed by atoms with Crippen LogP contribution in [0.1, 0.15) is 0 Å². The first-order valence-corrected chi connectivity index (χ1v) is 17.4. The fourth-order valence-electron chi connectivity index (χ4n) is 6.95. The van der Waals surface area contributed by atoms with Gasteiger partial charge in [0.2, 0.25) is 0 Å². The van der Waals surface area contributed by atoms with Crippen molar-refractivity contribution in [2.75, 3.05) is 9.80 Å². The van der Waals surface area contributed by atoms with Gasteiger partial charge in [0.05, 0.1) is 11.4 Å². The number of hydrogen-bond acceptors (Lipinski definition) is 3. The Bertz CT molecular complexity index is 2500. The van der Waals surface area contributed by atoms with E-state index in [0.717, 1.165) is 34.1 Å². The van der Waals surface area contributed by atoms with Crippen LogP contribution in [-0.2, 0) is 0 Å². The SMILES string of the molecule is c1ccc(-c2cccc(N(c3ccccc3)c3ccc4sc5cc6ccccc6cc5c4c3N(c3ccccc3)c3ccccc3)c2)cc1. The first-order chi connectivity index (χ1) is 24.3. The van der Waals surface area contributed by atoms with Gasteiger partial charge in [-0.15, -0.1) is 11.3 Å². The van der Waals surface area contributed by atoms with Crippen molar-refractivity contribution >= 4 is 76.4 Å². The highest BCUT2D eigenvalue weighted by Crippen LogP contribution is 2.52. The molecule has 9 rings (SSSR count). The van der Waals surface area contributed by atoms with Gasteiger partial charge < -0.3 is 9.80 Å². The Hall–Kier alpha value is -6.16. The van der Waals surface area contributed by atoms with Gasteiger partial charge in [0.1, 0.15) is 0 Å². The molecule has 8 aromatic carbocycles. The summed E-state index contributed by atoms with van der Waals surface area (Å²) in [5, 5.41) is 5.01. The fraction of sp³-hybridized carbons (Fsp3) is 0. The lowest BCUT2D eigenvalue weighted by Crippen LogP contribution is -2.17. The Kier molecular flexibility index (Phi) is 7.38. The molecule has 1 heterocycles. The minimum atomic E-state index is 1.10. The van der Waals surface area contributed by atoms with Crippen molar-refractivity contribution in [1.82, 2.24) is 0 Å². The molecule has 0 aliphatic carbocycles. The first-order valence-electron chi connectivity index (χ1n) is 16.6. The second-order valence-electron chi connectivity index (χ2n) is 12.2. The van der Waals surface area contributed by atoms with Crippen LogP contribution in [0.4, 0.5) is 34.1 Å². The zero-order valence-corrected chi connectivity index (χ0v) is 27.6. The summed E-state index contributed by atoms with van der Waals surface area (Å²) >= 11 is 1.87. The number of fused-ring (bicyclic) bond motifs is 4. The molecule has 0 saturated heterocycles. The number of benzene rings is 8. The molecule has 3 heteroatoms. The van der Waals surface area contributed by atoms with Gasteiger partial charge in [0.25, 0.3) is 0 Å². The van der Waals surface area contributed by atoms with Crippen LogP contribution < -0.4 is 9.80 Å². The van der Waals surface area contributed by atoms with Crippen LogP contribution in [0, 0.1) is 0 Å². The van der Waals surface area contributed by atoms with E-state index in [0.29, 0.717) is 0 Å². The van der Waals surface area contributed by atoms with Gasteiger partial charge in [-0.3, -0.25) is 0 Å². The maximum Gasteiger partial charge on any atom is 0.0796 e. The van der Waals surface area contributed by atoms with Crippen molar-refractivity contribution < 1.29 is 0 Å². The Morgan fingerprint density at radius 3 is 1.49 bits per heavy atom. The van der Waals surface area contributed by atoms with Crippen molar-refractivity contribution in [2.24, 2.45) is 0 Å². The molecular weight excluding hydrogens is 613 g/mol. The number of para-hydroxylation sites is 3. The summed E-state index contributed by atoms with van der Waals surface area (Å²) in [5.41, 5.74) is 9.02. The quantitative estimate of drug-likeness (QED) is 0.170. The summed E-state index contributed by atoms with van der Waals surface area (Å²) in [6.45, 7) is 0. The zero-order chi connectivity index (χ0) is 32.6. The lowest BCUT2D eigenvalue weighted by Gasteiger charge is -2.34. The molecule has 1 aromatic heterocycles. The number of rotatable bonds is 7. The smallest absolute Gasteiger partial charge is 0.0796 e. The predicted octanol–water partition coefficient (Wildman–Crippen LogP) is 13.8. The van der Waals surface area contributed by atoms with Crippen molar-refractivity contribution in [1.29, 1.82) is 0 Å². The van der Waals surface area contributed by atoms with E-state index in [-0.39, 0.29) is 0 Å². The summed E-state index contributed by atoms with van der Waals surface area (Å²) in [4.78, 5) is 4.86. The Balaban J connectivity index is 1.41. The minimum absolute atomic E-state index is 1.10. The van der Waals surface area contributed by atoms with E-state index in [9.17, 15) is 0 Å². The van der Waals surface area contributed by atoms with E-state index in [1.165, 1.54) is 42.1 Å². The van der Waals surface area contributed by atoms with E-state index in [2.05, 4.69) is 204 Å². The number of nitrogens with zero attached hydrogens (tertiary/aromatic N) is 2. The van der Waals surface area contributed by atoms with Crippen LogP contribution in [0.5, 0.6) is 0 Å². The van der Waals surface area contributed by atoms with Crippen molar-refractivity contribution in [2.45, 2.75) is 0 Å². The highest BCUT2D eigenvalue weighted by Gasteiger charge is 2.26. The fourth-order valence-corrected chi connectivity index (χ4v) is 8.09. The second kappa shape index (κ2) is 12.5. The van der Waals surface area contributed by atoms with Gasteiger partial charge in [-0.25, -0.2) is 0 Å². The first kappa shape index (κ1) is 29.0. The van der Waals surface area contributed by atoms with Crippen LogP contribution in [0.3, 0.4) is 0 Å². The highest BCUT2D eigenvalue weighted by atomic mass is 32.1. The molecule has 0 fully saturated rings. The standard InChI is InChI=1S/C46H32N2S/c1-5-16-33(17-6-1)34-20-15-27-40(30-34)47(37-21-7-2-8-22-37)42-28-29-43-45(41-31-35-18-13-14-19-36(35)32-44(41)49-43)46(42)48(38-23-9-3-10-24-38)39-25-11-4-12-26-39/h1-32H. The summed E-state index contributed by atoms with van der Waals surface area (Å²) in [5.74, 6) is 0. The molecule has 0 spiro atoms. The molecule has 0 aliphatic rings.